The van der Waals surface area contributed by atoms with Crippen LogP contribution in [0.25, 0.3) is 0 Å². The zero-order valence-electron chi connectivity index (χ0n) is 10.2. The van der Waals surface area contributed by atoms with E-state index in [1.807, 2.05) is 39.1 Å². The molecule has 0 fully saturated rings. The molecule has 0 aliphatic heterocycles. The van der Waals surface area contributed by atoms with Gasteiger partial charge in [0.2, 0.25) is 0 Å². The molecule has 1 rings (SSSR count). The lowest BCUT2D eigenvalue weighted by Crippen LogP contribution is -2.05. The molecule has 0 atom stereocenters. The summed E-state index contributed by atoms with van der Waals surface area (Å²) >= 11 is 0. The number of allylic oxidation sites excluding steroid dienone is 2. The molecule has 2 N–H and O–H groups in total. The topological polar surface area (TPSA) is 45.1 Å². The van der Waals surface area contributed by atoms with Crippen LogP contribution in [0.15, 0.2) is 30.0 Å². The van der Waals surface area contributed by atoms with E-state index < -0.39 is 0 Å². The molecule has 86 valence electrons. The van der Waals surface area contributed by atoms with Gasteiger partial charge in [-0.1, -0.05) is 0 Å². The van der Waals surface area contributed by atoms with Crippen LogP contribution >= 0.6 is 0 Å². The summed E-state index contributed by atoms with van der Waals surface area (Å²) < 4.78 is 5.18. The van der Waals surface area contributed by atoms with Crippen molar-refractivity contribution in [3.05, 3.63) is 41.1 Å². The van der Waals surface area contributed by atoms with E-state index in [1.54, 1.807) is 13.2 Å². The van der Waals surface area contributed by atoms with E-state index in [1.165, 1.54) is 0 Å². The number of nitrogens with one attached hydrogen (secondary N) is 2. The summed E-state index contributed by atoms with van der Waals surface area (Å²) in [7, 11) is 3.50. The van der Waals surface area contributed by atoms with E-state index in [9.17, 15) is 0 Å². The van der Waals surface area contributed by atoms with Crippen molar-refractivity contribution in [2.24, 2.45) is 0 Å². The maximum atomic E-state index is 7.93. The average molecular weight is 218 g/mol. The van der Waals surface area contributed by atoms with Crippen LogP contribution in [0.3, 0.4) is 0 Å². The lowest BCUT2D eigenvalue weighted by atomic mass is 10.1. The summed E-state index contributed by atoms with van der Waals surface area (Å²) in [5.41, 5.74) is 3.41. The first-order valence-electron chi connectivity index (χ1n) is 5.18. The number of methoxy groups -OCH3 is 1. The summed E-state index contributed by atoms with van der Waals surface area (Å²) in [5, 5.41) is 10.9. The molecule has 0 saturated carbocycles. The summed E-state index contributed by atoms with van der Waals surface area (Å²) in [4.78, 5) is 0. The van der Waals surface area contributed by atoms with Gasteiger partial charge in [-0.05, 0) is 49.2 Å². The van der Waals surface area contributed by atoms with Gasteiger partial charge in [0.05, 0.1) is 12.8 Å². The zero-order valence-corrected chi connectivity index (χ0v) is 10.2. The highest BCUT2D eigenvalue weighted by Crippen LogP contribution is 2.19. The van der Waals surface area contributed by atoms with Crippen molar-refractivity contribution in [2.75, 3.05) is 14.2 Å². The van der Waals surface area contributed by atoms with Crippen molar-refractivity contribution in [1.29, 1.82) is 5.41 Å². The fraction of sp³-hybridized carbons (Fsp3) is 0.308. The van der Waals surface area contributed by atoms with Crippen molar-refractivity contribution in [2.45, 2.75) is 13.8 Å². The van der Waals surface area contributed by atoms with Crippen LogP contribution in [0.2, 0.25) is 0 Å². The molecular formula is C13H18N2O. The van der Waals surface area contributed by atoms with Crippen molar-refractivity contribution in [3.8, 4) is 5.75 Å². The van der Waals surface area contributed by atoms with Crippen LogP contribution in [0.1, 0.15) is 18.1 Å². The summed E-state index contributed by atoms with van der Waals surface area (Å²) in [5.74, 6) is 0.853. The number of aryl methyl sites for hydroxylation is 1. The molecule has 0 spiro atoms. The molecule has 16 heavy (non-hydrogen) atoms. The molecule has 1 aromatic carbocycles. The molecule has 0 heterocycles. The van der Waals surface area contributed by atoms with Crippen molar-refractivity contribution in [1.82, 2.24) is 5.32 Å². The molecule has 0 aromatic heterocycles. The standard InChI is InChI=1S/C13H18N2O/c1-9-7-11(5-6-13(9)16-4)12(14)8-10(2)15-3/h5-8,14-15H,1-4H3/b10-8-,14-12?. The predicted octanol–water partition coefficient (Wildman–Crippen LogP) is 2.49. The Bertz CT molecular complexity index is 422. The maximum Gasteiger partial charge on any atom is 0.121 e. The largest absolute Gasteiger partial charge is 0.496 e. The van der Waals surface area contributed by atoms with Crippen LogP contribution in [0, 0.1) is 12.3 Å². The van der Waals surface area contributed by atoms with Gasteiger partial charge in [0.25, 0.3) is 0 Å². The van der Waals surface area contributed by atoms with E-state index in [-0.39, 0.29) is 0 Å². The highest BCUT2D eigenvalue weighted by molar-refractivity contribution is 6.07. The molecule has 3 heteroatoms. The van der Waals surface area contributed by atoms with Crippen molar-refractivity contribution < 1.29 is 4.74 Å². The van der Waals surface area contributed by atoms with E-state index in [0.29, 0.717) is 5.71 Å². The molecule has 0 bridgehead atoms. The van der Waals surface area contributed by atoms with Crippen molar-refractivity contribution in [3.63, 3.8) is 0 Å². The Hall–Kier alpha value is -1.77. The van der Waals surface area contributed by atoms with E-state index in [0.717, 1.165) is 22.6 Å². The zero-order chi connectivity index (χ0) is 12.1. The first-order valence-corrected chi connectivity index (χ1v) is 5.18. The molecule has 0 unspecified atom stereocenters. The van der Waals surface area contributed by atoms with Gasteiger partial charge in [0, 0.05) is 12.7 Å². The third-order valence-corrected chi connectivity index (χ3v) is 2.46. The first-order chi connectivity index (χ1) is 7.58. The Kier molecular flexibility index (Phi) is 4.11. The van der Waals surface area contributed by atoms with Crippen LogP contribution < -0.4 is 10.1 Å². The summed E-state index contributed by atoms with van der Waals surface area (Å²) in [6, 6.07) is 5.75. The Morgan fingerprint density at radius 2 is 2.12 bits per heavy atom. The normalized spacial score (nSPS) is 11.1. The van der Waals surface area contributed by atoms with Gasteiger partial charge in [0.1, 0.15) is 5.75 Å². The van der Waals surface area contributed by atoms with Gasteiger partial charge in [0.15, 0.2) is 0 Å². The lowest BCUT2D eigenvalue weighted by molar-refractivity contribution is 0.411. The number of ether oxygens (including phenoxy) is 1. The molecule has 3 nitrogen and oxygen atoms in total. The second-order valence-electron chi connectivity index (χ2n) is 3.68. The third kappa shape index (κ3) is 2.86. The molecule has 0 aliphatic carbocycles. The van der Waals surface area contributed by atoms with Crippen LogP contribution in [-0.2, 0) is 0 Å². The molecule has 1 aromatic rings. The number of hydrogen-bond acceptors (Lipinski definition) is 3. The minimum Gasteiger partial charge on any atom is -0.496 e. The van der Waals surface area contributed by atoms with Gasteiger partial charge >= 0.3 is 0 Å². The molecule has 0 amide bonds. The fourth-order valence-electron chi connectivity index (χ4n) is 1.42. The Morgan fingerprint density at radius 1 is 1.44 bits per heavy atom. The quantitative estimate of drug-likeness (QED) is 0.763. The molecule has 0 aliphatic rings. The van der Waals surface area contributed by atoms with Gasteiger partial charge < -0.3 is 15.5 Å². The second-order valence-corrected chi connectivity index (χ2v) is 3.68. The molecule has 0 radical (unpaired) electrons. The van der Waals surface area contributed by atoms with E-state index >= 15 is 0 Å². The number of rotatable bonds is 4. The number of benzene rings is 1. The third-order valence-electron chi connectivity index (χ3n) is 2.46. The minimum absolute atomic E-state index is 0.498. The van der Waals surface area contributed by atoms with Crippen LogP contribution in [0.4, 0.5) is 0 Å². The van der Waals surface area contributed by atoms with E-state index in [4.69, 9.17) is 10.1 Å². The van der Waals surface area contributed by atoms with Gasteiger partial charge in [-0.25, -0.2) is 0 Å². The highest BCUT2D eigenvalue weighted by atomic mass is 16.5. The van der Waals surface area contributed by atoms with Gasteiger partial charge in [-0.3, -0.25) is 0 Å². The van der Waals surface area contributed by atoms with E-state index in [2.05, 4.69) is 5.32 Å². The maximum absolute atomic E-state index is 7.93. The second kappa shape index (κ2) is 5.35. The van der Waals surface area contributed by atoms with Gasteiger partial charge in [-0.15, -0.1) is 0 Å². The Labute approximate surface area is 96.6 Å². The summed E-state index contributed by atoms with van der Waals surface area (Å²) in [6.45, 7) is 3.91. The number of hydrogen-bond donors (Lipinski definition) is 2. The van der Waals surface area contributed by atoms with Crippen LogP contribution in [0.5, 0.6) is 5.75 Å². The molecule has 0 saturated heterocycles. The first kappa shape index (κ1) is 12.3. The predicted molar refractivity (Wildman–Crippen MR) is 67.4 cm³/mol. The van der Waals surface area contributed by atoms with Crippen LogP contribution in [-0.4, -0.2) is 19.9 Å². The Morgan fingerprint density at radius 3 is 2.62 bits per heavy atom. The Balaban J connectivity index is 2.98. The SMILES string of the molecule is CN/C(C)=C\C(=N)c1ccc(OC)c(C)c1. The monoisotopic (exact) mass is 218 g/mol. The van der Waals surface area contributed by atoms with Gasteiger partial charge in [-0.2, -0.15) is 0 Å². The smallest absolute Gasteiger partial charge is 0.121 e. The average Bonchev–Trinajstić information content (AvgIpc) is 2.28. The fourth-order valence-corrected chi connectivity index (χ4v) is 1.42. The minimum atomic E-state index is 0.498. The van der Waals surface area contributed by atoms with Crippen molar-refractivity contribution >= 4 is 5.71 Å². The summed E-state index contributed by atoms with van der Waals surface area (Å²) in [6.07, 6.45) is 1.81. The highest BCUT2D eigenvalue weighted by Gasteiger charge is 2.03. The lowest BCUT2D eigenvalue weighted by Gasteiger charge is -2.07. The molecular weight excluding hydrogens is 200 g/mol.